The minimum atomic E-state index is -0.175. The number of hydrogen-bond acceptors (Lipinski definition) is 5. The molecular formula is C17H22N4O2. The van der Waals surface area contributed by atoms with Gasteiger partial charge in [0.05, 0.1) is 5.56 Å². The number of rotatable bonds is 8. The molecule has 122 valence electrons. The smallest absolute Gasteiger partial charge is 0.254 e. The monoisotopic (exact) mass is 314 g/mol. The van der Waals surface area contributed by atoms with Crippen molar-refractivity contribution in [3.8, 4) is 0 Å². The molecule has 0 atom stereocenters. The molecule has 0 bridgehead atoms. The van der Waals surface area contributed by atoms with Crippen molar-refractivity contribution in [2.75, 3.05) is 25.6 Å². The fourth-order valence-corrected chi connectivity index (χ4v) is 2.06. The number of carbonyl (C=O) groups excluding carboxylic acids is 1. The summed E-state index contributed by atoms with van der Waals surface area (Å²) in [5.41, 5.74) is 2.82. The Labute approximate surface area is 136 Å². The lowest BCUT2D eigenvalue weighted by Gasteiger charge is -2.07. The van der Waals surface area contributed by atoms with E-state index in [1.165, 1.54) is 18.0 Å². The van der Waals surface area contributed by atoms with Crippen LogP contribution in [-0.2, 0) is 11.3 Å². The van der Waals surface area contributed by atoms with Crippen LogP contribution in [0.3, 0.4) is 0 Å². The third-order valence-electron chi connectivity index (χ3n) is 3.26. The molecule has 0 aliphatic rings. The molecule has 0 unspecified atom stereocenters. The van der Waals surface area contributed by atoms with Gasteiger partial charge in [-0.2, -0.15) is 0 Å². The summed E-state index contributed by atoms with van der Waals surface area (Å²) in [7, 11) is 1.64. The fourth-order valence-electron chi connectivity index (χ4n) is 2.06. The van der Waals surface area contributed by atoms with Gasteiger partial charge in [-0.25, -0.2) is 9.97 Å². The van der Waals surface area contributed by atoms with Crippen molar-refractivity contribution >= 4 is 11.9 Å². The average molecular weight is 314 g/mol. The molecule has 0 radical (unpaired) electrons. The number of aromatic nitrogens is 2. The Kier molecular flexibility index (Phi) is 6.50. The van der Waals surface area contributed by atoms with Gasteiger partial charge in [0, 0.05) is 39.2 Å². The maximum Gasteiger partial charge on any atom is 0.254 e. The maximum atomic E-state index is 11.9. The van der Waals surface area contributed by atoms with E-state index in [-0.39, 0.29) is 5.91 Å². The largest absolute Gasteiger partial charge is 0.385 e. The van der Waals surface area contributed by atoms with Crippen molar-refractivity contribution < 1.29 is 9.53 Å². The minimum Gasteiger partial charge on any atom is -0.385 e. The van der Waals surface area contributed by atoms with Gasteiger partial charge in [0.1, 0.15) is 0 Å². The number of ether oxygens (including phenoxy) is 1. The number of methoxy groups -OCH3 is 1. The standard InChI is InChI=1S/C17H22N4O2/c1-13-5-3-6-14(9-13)10-19-17-20-11-15(12-21-17)16(22)18-7-4-8-23-2/h3,5-6,9,11-12H,4,7-8,10H2,1-2H3,(H,18,22)(H,19,20,21). The number of hydrogen-bond donors (Lipinski definition) is 2. The van der Waals surface area contributed by atoms with Gasteiger partial charge in [-0.1, -0.05) is 29.8 Å². The maximum absolute atomic E-state index is 11.9. The van der Waals surface area contributed by atoms with Gasteiger partial charge in [-0.05, 0) is 18.9 Å². The van der Waals surface area contributed by atoms with Crippen LogP contribution in [0, 0.1) is 6.92 Å². The number of nitrogens with one attached hydrogen (secondary N) is 2. The molecule has 6 heteroatoms. The van der Waals surface area contributed by atoms with Crippen LogP contribution in [0.1, 0.15) is 27.9 Å². The predicted molar refractivity (Wildman–Crippen MR) is 89.4 cm³/mol. The molecule has 0 aliphatic heterocycles. The zero-order valence-electron chi connectivity index (χ0n) is 13.5. The summed E-state index contributed by atoms with van der Waals surface area (Å²) in [4.78, 5) is 20.2. The Morgan fingerprint density at radius 3 is 2.74 bits per heavy atom. The number of benzene rings is 1. The summed E-state index contributed by atoms with van der Waals surface area (Å²) in [5.74, 6) is 0.328. The number of anilines is 1. The van der Waals surface area contributed by atoms with Crippen LogP contribution < -0.4 is 10.6 Å². The van der Waals surface area contributed by atoms with E-state index in [1.54, 1.807) is 7.11 Å². The molecular weight excluding hydrogens is 292 g/mol. The van der Waals surface area contributed by atoms with Crippen LogP contribution >= 0.6 is 0 Å². The van der Waals surface area contributed by atoms with Crippen molar-refractivity contribution in [2.45, 2.75) is 19.9 Å². The predicted octanol–water partition coefficient (Wildman–Crippen LogP) is 2.16. The lowest BCUT2D eigenvalue weighted by Crippen LogP contribution is -2.25. The Morgan fingerprint density at radius 1 is 1.26 bits per heavy atom. The minimum absolute atomic E-state index is 0.175. The van der Waals surface area contributed by atoms with E-state index in [1.807, 2.05) is 12.1 Å². The van der Waals surface area contributed by atoms with Gasteiger partial charge in [0.2, 0.25) is 5.95 Å². The fraction of sp³-hybridized carbons (Fsp3) is 0.353. The molecule has 0 aliphatic carbocycles. The first-order valence-electron chi connectivity index (χ1n) is 7.57. The summed E-state index contributed by atoms with van der Waals surface area (Å²) < 4.78 is 4.93. The molecule has 1 aromatic heterocycles. The number of aryl methyl sites for hydroxylation is 1. The van der Waals surface area contributed by atoms with Crippen LogP contribution in [0.2, 0.25) is 0 Å². The van der Waals surface area contributed by atoms with Gasteiger partial charge in [0.25, 0.3) is 5.91 Å². The molecule has 0 saturated heterocycles. The molecule has 1 heterocycles. The lowest BCUT2D eigenvalue weighted by molar-refractivity contribution is 0.0948. The average Bonchev–Trinajstić information content (AvgIpc) is 2.57. The van der Waals surface area contributed by atoms with Crippen molar-refractivity contribution in [1.29, 1.82) is 0 Å². The van der Waals surface area contributed by atoms with E-state index < -0.39 is 0 Å². The van der Waals surface area contributed by atoms with Crippen molar-refractivity contribution in [2.24, 2.45) is 0 Å². The highest BCUT2D eigenvalue weighted by molar-refractivity contribution is 5.93. The second-order valence-corrected chi connectivity index (χ2v) is 5.24. The van der Waals surface area contributed by atoms with E-state index in [9.17, 15) is 4.79 Å². The second kappa shape index (κ2) is 8.85. The summed E-state index contributed by atoms with van der Waals surface area (Å²) in [5, 5.41) is 5.94. The first-order valence-corrected chi connectivity index (χ1v) is 7.57. The van der Waals surface area contributed by atoms with Crippen molar-refractivity contribution in [1.82, 2.24) is 15.3 Å². The molecule has 2 aromatic rings. The number of amides is 1. The molecule has 2 rings (SSSR count). The van der Waals surface area contributed by atoms with E-state index in [0.717, 1.165) is 12.0 Å². The molecule has 1 amide bonds. The lowest BCUT2D eigenvalue weighted by atomic mass is 10.1. The first kappa shape index (κ1) is 16.9. The normalized spacial score (nSPS) is 10.3. The third-order valence-corrected chi connectivity index (χ3v) is 3.26. The Bertz CT molecular complexity index is 629. The summed E-state index contributed by atoms with van der Waals surface area (Å²) in [6.07, 6.45) is 3.83. The van der Waals surface area contributed by atoms with Crippen LogP contribution in [-0.4, -0.2) is 36.1 Å². The molecule has 0 fully saturated rings. The van der Waals surface area contributed by atoms with Gasteiger partial charge < -0.3 is 15.4 Å². The highest BCUT2D eigenvalue weighted by Gasteiger charge is 2.06. The summed E-state index contributed by atoms with van der Waals surface area (Å²) >= 11 is 0. The SMILES string of the molecule is COCCCNC(=O)c1cnc(NCc2cccc(C)c2)nc1. The quantitative estimate of drug-likeness (QED) is 0.730. The Morgan fingerprint density at radius 2 is 2.04 bits per heavy atom. The third kappa shape index (κ3) is 5.67. The topological polar surface area (TPSA) is 76.1 Å². The molecule has 0 spiro atoms. The van der Waals surface area contributed by atoms with E-state index in [0.29, 0.717) is 31.2 Å². The van der Waals surface area contributed by atoms with Gasteiger partial charge >= 0.3 is 0 Å². The number of carbonyl (C=O) groups is 1. The molecule has 6 nitrogen and oxygen atoms in total. The first-order chi connectivity index (χ1) is 11.2. The molecule has 1 aromatic carbocycles. The second-order valence-electron chi connectivity index (χ2n) is 5.24. The highest BCUT2D eigenvalue weighted by Crippen LogP contribution is 2.07. The van der Waals surface area contributed by atoms with Crippen molar-refractivity contribution in [3.63, 3.8) is 0 Å². The highest BCUT2D eigenvalue weighted by atomic mass is 16.5. The van der Waals surface area contributed by atoms with E-state index in [2.05, 4.69) is 39.7 Å². The zero-order chi connectivity index (χ0) is 16.5. The zero-order valence-corrected chi connectivity index (χ0v) is 13.5. The van der Waals surface area contributed by atoms with Crippen LogP contribution in [0.15, 0.2) is 36.7 Å². The Balaban J connectivity index is 1.83. The number of nitrogens with zero attached hydrogens (tertiary/aromatic N) is 2. The molecule has 23 heavy (non-hydrogen) atoms. The van der Waals surface area contributed by atoms with Gasteiger partial charge in [-0.15, -0.1) is 0 Å². The summed E-state index contributed by atoms with van der Waals surface area (Å²) in [6, 6.07) is 8.22. The van der Waals surface area contributed by atoms with Crippen LogP contribution in [0.5, 0.6) is 0 Å². The van der Waals surface area contributed by atoms with Crippen LogP contribution in [0.4, 0.5) is 5.95 Å². The van der Waals surface area contributed by atoms with E-state index in [4.69, 9.17) is 4.74 Å². The Hall–Kier alpha value is -2.47. The summed E-state index contributed by atoms with van der Waals surface area (Å²) in [6.45, 7) is 3.89. The molecule has 0 saturated carbocycles. The van der Waals surface area contributed by atoms with Gasteiger partial charge in [0.15, 0.2) is 0 Å². The molecule has 2 N–H and O–H groups in total. The van der Waals surface area contributed by atoms with Crippen LogP contribution in [0.25, 0.3) is 0 Å². The van der Waals surface area contributed by atoms with E-state index >= 15 is 0 Å². The van der Waals surface area contributed by atoms with Gasteiger partial charge in [-0.3, -0.25) is 4.79 Å². The van der Waals surface area contributed by atoms with Crippen molar-refractivity contribution in [3.05, 3.63) is 53.3 Å².